The van der Waals surface area contributed by atoms with Gasteiger partial charge in [0.1, 0.15) is 0 Å². The van der Waals surface area contributed by atoms with Crippen molar-refractivity contribution in [3.8, 4) is 0 Å². The molecule has 0 aliphatic heterocycles. The summed E-state index contributed by atoms with van der Waals surface area (Å²) in [4.78, 5) is 21.6. The molecule has 0 radical (unpaired) electrons. The molecule has 6 nitrogen and oxygen atoms in total. The SMILES string of the molecule is COC(=O)c1ccc([C@@H](C)OC)c([N+](=O)[O-])c1. The maximum absolute atomic E-state index is 11.3. The number of nitrogens with zero attached hydrogens (tertiary/aromatic N) is 1. The van der Waals surface area contributed by atoms with Gasteiger partial charge in [0.05, 0.1) is 29.3 Å². The lowest BCUT2D eigenvalue weighted by atomic mass is 10.1. The first-order valence-corrected chi connectivity index (χ1v) is 4.90. The van der Waals surface area contributed by atoms with Gasteiger partial charge in [0, 0.05) is 13.2 Å². The van der Waals surface area contributed by atoms with Gasteiger partial charge in [-0.25, -0.2) is 4.79 Å². The third-order valence-corrected chi connectivity index (χ3v) is 2.44. The predicted octanol–water partition coefficient (Wildman–Crippen LogP) is 2.09. The number of hydrogen-bond acceptors (Lipinski definition) is 5. The molecule has 0 saturated carbocycles. The maximum atomic E-state index is 11.3. The average molecular weight is 239 g/mol. The van der Waals surface area contributed by atoms with Gasteiger partial charge in [-0.1, -0.05) is 0 Å². The van der Waals surface area contributed by atoms with Crippen LogP contribution in [0.3, 0.4) is 0 Å². The lowest BCUT2D eigenvalue weighted by Gasteiger charge is -2.10. The number of esters is 1. The number of carbonyl (C=O) groups excluding carboxylic acids is 1. The number of hydrogen-bond donors (Lipinski definition) is 0. The minimum Gasteiger partial charge on any atom is -0.465 e. The van der Waals surface area contributed by atoms with Crippen LogP contribution in [-0.2, 0) is 9.47 Å². The van der Waals surface area contributed by atoms with Crippen LogP contribution < -0.4 is 0 Å². The highest BCUT2D eigenvalue weighted by atomic mass is 16.6. The molecule has 0 N–H and O–H groups in total. The van der Waals surface area contributed by atoms with Gasteiger partial charge in [0.25, 0.3) is 5.69 Å². The molecule has 6 heteroatoms. The molecule has 0 aliphatic rings. The monoisotopic (exact) mass is 239 g/mol. The van der Waals surface area contributed by atoms with Gasteiger partial charge in [-0.15, -0.1) is 0 Å². The molecule has 1 aromatic rings. The Morgan fingerprint density at radius 2 is 2.06 bits per heavy atom. The van der Waals surface area contributed by atoms with E-state index in [1.54, 1.807) is 6.92 Å². The number of nitro groups is 1. The second-order valence-electron chi connectivity index (χ2n) is 3.40. The molecule has 92 valence electrons. The van der Waals surface area contributed by atoms with Crippen molar-refractivity contribution in [2.45, 2.75) is 13.0 Å². The molecular weight excluding hydrogens is 226 g/mol. The number of ether oxygens (including phenoxy) is 2. The minimum absolute atomic E-state index is 0.145. The van der Waals surface area contributed by atoms with Crippen LogP contribution in [0.2, 0.25) is 0 Å². The van der Waals surface area contributed by atoms with Crippen LogP contribution in [0.15, 0.2) is 18.2 Å². The Labute approximate surface area is 98.3 Å². The molecule has 0 heterocycles. The summed E-state index contributed by atoms with van der Waals surface area (Å²) in [5, 5.41) is 10.9. The van der Waals surface area contributed by atoms with Gasteiger partial charge in [-0.3, -0.25) is 10.1 Å². The fraction of sp³-hybridized carbons (Fsp3) is 0.364. The van der Waals surface area contributed by atoms with Crippen molar-refractivity contribution in [1.29, 1.82) is 0 Å². The molecule has 0 spiro atoms. The third kappa shape index (κ3) is 2.79. The summed E-state index contributed by atoms with van der Waals surface area (Å²) in [7, 11) is 2.68. The van der Waals surface area contributed by atoms with E-state index in [9.17, 15) is 14.9 Å². The first-order valence-electron chi connectivity index (χ1n) is 4.90. The van der Waals surface area contributed by atoms with E-state index >= 15 is 0 Å². The number of rotatable bonds is 4. The summed E-state index contributed by atoms with van der Waals surface area (Å²) in [6, 6.07) is 4.17. The summed E-state index contributed by atoms with van der Waals surface area (Å²) in [5.74, 6) is -0.607. The Kier molecular flexibility index (Phi) is 4.17. The normalized spacial score (nSPS) is 11.9. The van der Waals surface area contributed by atoms with Crippen LogP contribution in [0.5, 0.6) is 0 Å². The molecular formula is C11H13NO5. The Hall–Kier alpha value is -1.95. The van der Waals surface area contributed by atoms with E-state index in [2.05, 4.69) is 4.74 Å². The fourth-order valence-corrected chi connectivity index (χ4v) is 1.42. The number of carbonyl (C=O) groups is 1. The van der Waals surface area contributed by atoms with Gasteiger partial charge < -0.3 is 9.47 Å². The Morgan fingerprint density at radius 3 is 2.53 bits per heavy atom. The van der Waals surface area contributed by atoms with E-state index in [4.69, 9.17) is 4.74 Å². The quantitative estimate of drug-likeness (QED) is 0.456. The van der Waals surface area contributed by atoms with E-state index < -0.39 is 17.0 Å². The van der Waals surface area contributed by atoms with E-state index in [1.807, 2.05) is 0 Å². The van der Waals surface area contributed by atoms with Crippen molar-refractivity contribution in [2.75, 3.05) is 14.2 Å². The fourth-order valence-electron chi connectivity index (χ4n) is 1.42. The van der Waals surface area contributed by atoms with E-state index in [0.717, 1.165) is 0 Å². The van der Waals surface area contributed by atoms with Gasteiger partial charge in [-0.2, -0.15) is 0 Å². The molecule has 0 aromatic heterocycles. The zero-order valence-corrected chi connectivity index (χ0v) is 9.80. The minimum atomic E-state index is -0.607. The average Bonchev–Trinajstić information content (AvgIpc) is 2.35. The molecule has 0 unspecified atom stereocenters. The van der Waals surface area contributed by atoms with Crippen LogP contribution in [-0.4, -0.2) is 25.1 Å². The summed E-state index contributed by atoms with van der Waals surface area (Å²) in [6.07, 6.45) is -0.415. The predicted molar refractivity (Wildman–Crippen MR) is 59.9 cm³/mol. The Morgan fingerprint density at radius 1 is 1.41 bits per heavy atom. The van der Waals surface area contributed by atoms with Crippen molar-refractivity contribution < 1.29 is 19.2 Å². The Balaban J connectivity index is 3.26. The smallest absolute Gasteiger partial charge is 0.338 e. The summed E-state index contributed by atoms with van der Waals surface area (Å²) < 4.78 is 9.54. The molecule has 1 atom stereocenters. The van der Waals surface area contributed by atoms with E-state index in [-0.39, 0.29) is 11.3 Å². The molecule has 0 bridgehead atoms. The molecule has 1 aromatic carbocycles. The van der Waals surface area contributed by atoms with E-state index in [1.165, 1.54) is 32.4 Å². The molecule has 0 fully saturated rings. The van der Waals surface area contributed by atoms with Crippen LogP contribution >= 0.6 is 0 Å². The highest BCUT2D eigenvalue weighted by Crippen LogP contribution is 2.28. The standard InChI is InChI=1S/C11H13NO5/c1-7(16-2)9-5-4-8(11(13)17-3)6-10(9)12(14)15/h4-7H,1-3H3/t7-/m1/s1. The van der Waals surface area contributed by atoms with Crippen LogP contribution in [0.4, 0.5) is 5.69 Å². The first kappa shape index (κ1) is 13.1. The van der Waals surface area contributed by atoms with Gasteiger partial charge in [0.15, 0.2) is 0 Å². The zero-order chi connectivity index (χ0) is 13.0. The van der Waals surface area contributed by atoms with Gasteiger partial charge in [-0.05, 0) is 19.1 Å². The van der Waals surface area contributed by atoms with Crippen molar-refractivity contribution in [2.24, 2.45) is 0 Å². The Bertz CT molecular complexity index is 443. The maximum Gasteiger partial charge on any atom is 0.338 e. The summed E-state index contributed by atoms with van der Waals surface area (Å²) in [6.45, 7) is 1.69. The number of nitro benzene ring substituents is 1. The third-order valence-electron chi connectivity index (χ3n) is 2.44. The highest BCUT2D eigenvalue weighted by molar-refractivity contribution is 5.90. The molecule has 0 amide bonds. The lowest BCUT2D eigenvalue weighted by molar-refractivity contribution is -0.386. The zero-order valence-electron chi connectivity index (χ0n) is 9.80. The van der Waals surface area contributed by atoms with Crippen molar-refractivity contribution in [3.63, 3.8) is 0 Å². The number of benzene rings is 1. The molecule has 0 aliphatic carbocycles. The summed E-state index contributed by atoms with van der Waals surface area (Å²) >= 11 is 0. The lowest BCUT2D eigenvalue weighted by Crippen LogP contribution is -2.06. The first-order chi connectivity index (χ1) is 8.01. The highest BCUT2D eigenvalue weighted by Gasteiger charge is 2.21. The number of methoxy groups -OCH3 is 2. The second-order valence-corrected chi connectivity index (χ2v) is 3.40. The van der Waals surface area contributed by atoms with Crippen LogP contribution in [0, 0.1) is 10.1 Å². The largest absolute Gasteiger partial charge is 0.465 e. The van der Waals surface area contributed by atoms with E-state index in [0.29, 0.717) is 5.56 Å². The summed E-state index contributed by atoms with van der Waals surface area (Å²) in [5.41, 5.74) is 0.415. The van der Waals surface area contributed by atoms with Gasteiger partial charge >= 0.3 is 5.97 Å². The molecule has 0 saturated heterocycles. The second kappa shape index (κ2) is 5.40. The van der Waals surface area contributed by atoms with Crippen LogP contribution in [0.1, 0.15) is 28.9 Å². The van der Waals surface area contributed by atoms with Crippen molar-refractivity contribution >= 4 is 11.7 Å². The van der Waals surface area contributed by atoms with Crippen molar-refractivity contribution in [1.82, 2.24) is 0 Å². The molecule has 1 rings (SSSR count). The topological polar surface area (TPSA) is 78.7 Å². The van der Waals surface area contributed by atoms with Crippen LogP contribution in [0.25, 0.3) is 0 Å². The van der Waals surface area contributed by atoms with Crippen molar-refractivity contribution in [3.05, 3.63) is 39.4 Å². The van der Waals surface area contributed by atoms with Gasteiger partial charge in [0.2, 0.25) is 0 Å². The molecule has 17 heavy (non-hydrogen) atoms.